The first-order valence-electron chi connectivity index (χ1n) is 6.86. The highest BCUT2D eigenvalue weighted by atomic mass is 19.1. The molecule has 118 valence electrons. The Bertz CT molecular complexity index is 455. The number of nitrogens with zero attached hydrogens (tertiary/aromatic N) is 1. The molecule has 0 aliphatic rings. The molecule has 0 fully saturated rings. The molecule has 0 saturated heterocycles. The summed E-state index contributed by atoms with van der Waals surface area (Å²) in [4.78, 5) is 13.2. The molecule has 0 unspecified atom stereocenters. The molecule has 0 atom stereocenters. The van der Waals surface area contributed by atoms with E-state index in [1.165, 1.54) is 13.2 Å². The molecule has 0 bridgehead atoms. The fourth-order valence-corrected chi connectivity index (χ4v) is 1.96. The molecule has 1 aromatic rings. The maximum atomic E-state index is 13.9. The molecule has 1 aromatic carbocycles. The van der Waals surface area contributed by atoms with Crippen molar-refractivity contribution in [2.24, 2.45) is 5.73 Å². The number of hydrogen-bond acceptors (Lipinski definition) is 5. The van der Waals surface area contributed by atoms with Gasteiger partial charge in [0.25, 0.3) is 0 Å². The Morgan fingerprint density at radius 3 is 2.71 bits per heavy atom. The summed E-state index contributed by atoms with van der Waals surface area (Å²) >= 11 is 0. The van der Waals surface area contributed by atoms with Gasteiger partial charge < -0.3 is 15.2 Å². The highest BCUT2D eigenvalue weighted by Crippen LogP contribution is 2.13. The summed E-state index contributed by atoms with van der Waals surface area (Å²) in [6.07, 6.45) is 0.262. The van der Waals surface area contributed by atoms with E-state index >= 15 is 0 Å². The molecule has 0 aromatic heterocycles. The Hall–Kier alpha value is -1.50. The zero-order valence-electron chi connectivity index (χ0n) is 12.6. The molecule has 0 aliphatic heterocycles. The smallest absolute Gasteiger partial charge is 0.306 e. The minimum atomic E-state index is -0.284. The monoisotopic (exact) mass is 298 g/mol. The van der Waals surface area contributed by atoms with Crippen LogP contribution in [-0.4, -0.2) is 44.8 Å². The average molecular weight is 298 g/mol. The second-order valence-electron chi connectivity index (χ2n) is 4.72. The fraction of sp³-hybridized carbons (Fsp3) is 0.533. The van der Waals surface area contributed by atoms with E-state index in [9.17, 15) is 9.18 Å². The predicted molar refractivity (Wildman–Crippen MR) is 78.1 cm³/mol. The van der Waals surface area contributed by atoms with Gasteiger partial charge in [-0.25, -0.2) is 4.39 Å². The molecule has 0 aliphatic carbocycles. The largest absolute Gasteiger partial charge is 0.469 e. The summed E-state index contributed by atoms with van der Waals surface area (Å²) < 4.78 is 23.5. The highest BCUT2D eigenvalue weighted by Gasteiger charge is 2.12. The number of methoxy groups -OCH3 is 2. The summed E-state index contributed by atoms with van der Waals surface area (Å²) in [7, 11) is 2.96. The van der Waals surface area contributed by atoms with E-state index in [4.69, 9.17) is 10.5 Å². The zero-order chi connectivity index (χ0) is 15.7. The number of rotatable bonds is 9. The first-order valence-corrected chi connectivity index (χ1v) is 6.86. The van der Waals surface area contributed by atoms with Crippen LogP contribution in [0.25, 0.3) is 0 Å². The van der Waals surface area contributed by atoms with Gasteiger partial charge >= 0.3 is 5.97 Å². The summed E-state index contributed by atoms with van der Waals surface area (Å²) in [5.41, 5.74) is 7.03. The van der Waals surface area contributed by atoms with Crippen molar-refractivity contribution < 1.29 is 18.7 Å². The highest BCUT2D eigenvalue weighted by molar-refractivity contribution is 5.69. The molecule has 0 amide bonds. The topological polar surface area (TPSA) is 64.8 Å². The van der Waals surface area contributed by atoms with E-state index in [1.807, 2.05) is 4.90 Å². The van der Waals surface area contributed by atoms with Crippen molar-refractivity contribution in [1.82, 2.24) is 4.90 Å². The van der Waals surface area contributed by atoms with E-state index in [0.717, 1.165) is 5.56 Å². The molecule has 2 N–H and O–H groups in total. The first-order chi connectivity index (χ1) is 10.1. The van der Waals surface area contributed by atoms with Crippen molar-refractivity contribution in [1.29, 1.82) is 0 Å². The molecule has 0 heterocycles. The lowest BCUT2D eigenvalue weighted by Gasteiger charge is -2.22. The molecular formula is C15H23FN2O3. The van der Waals surface area contributed by atoms with Gasteiger partial charge in [-0.1, -0.05) is 12.1 Å². The summed E-state index contributed by atoms with van der Waals surface area (Å²) in [5.74, 6) is -0.554. The zero-order valence-corrected chi connectivity index (χ0v) is 12.6. The van der Waals surface area contributed by atoms with Crippen LogP contribution >= 0.6 is 0 Å². The lowest BCUT2D eigenvalue weighted by molar-refractivity contribution is -0.141. The maximum Gasteiger partial charge on any atom is 0.306 e. The molecule has 0 spiro atoms. The van der Waals surface area contributed by atoms with Crippen molar-refractivity contribution in [2.75, 3.05) is 33.9 Å². The average Bonchev–Trinajstić information content (AvgIpc) is 2.51. The van der Waals surface area contributed by atoms with Crippen LogP contribution in [0.5, 0.6) is 0 Å². The van der Waals surface area contributed by atoms with E-state index < -0.39 is 0 Å². The number of halogens is 1. The number of esters is 1. The van der Waals surface area contributed by atoms with Crippen LogP contribution in [0, 0.1) is 5.82 Å². The Morgan fingerprint density at radius 1 is 1.33 bits per heavy atom. The number of ether oxygens (including phenoxy) is 2. The van der Waals surface area contributed by atoms with Gasteiger partial charge in [0.1, 0.15) is 5.82 Å². The van der Waals surface area contributed by atoms with Gasteiger partial charge in [0, 0.05) is 38.9 Å². The van der Waals surface area contributed by atoms with Crippen molar-refractivity contribution in [3.63, 3.8) is 0 Å². The SMILES string of the molecule is COCCN(CCC(=O)OC)Cc1cc(CN)ccc1F. The van der Waals surface area contributed by atoms with E-state index in [0.29, 0.717) is 38.3 Å². The Balaban J connectivity index is 2.72. The van der Waals surface area contributed by atoms with Gasteiger partial charge in [0.15, 0.2) is 0 Å². The molecule has 0 radical (unpaired) electrons. The van der Waals surface area contributed by atoms with Gasteiger partial charge in [-0.2, -0.15) is 0 Å². The lowest BCUT2D eigenvalue weighted by atomic mass is 10.1. The standard InChI is InChI=1S/C15H23FN2O3/c1-20-8-7-18(6-5-15(19)21-2)11-13-9-12(10-17)3-4-14(13)16/h3-4,9H,5-8,10-11,17H2,1-2H3. The van der Waals surface area contributed by atoms with Crippen molar-refractivity contribution in [3.05, 3.63) is 35.1 Å². The van der Waals surface area contributed by atoms with Gasteiger partial charge in [0.2, 0.25) is 0 Å². The van der Waals surface area contributed by atoms with Crippen LogP contribution in [0.4, 0.5) is 4.39 Å². The Kier molecular flexibility index (Phi) is 7.89. The number of carbonyl (C=O) groups is 1. The van der Waals surface area contributed by atoms with Crippen LogP contribution in [-0.2, 0) is 27.4 Å². The Labute approximate surface area is 124 Å². The third-order valence-electron chi connectivity index (χ3n) is 3.21. The number of nitrogens with two attached hydrogens (primary N) is 1. The lowest BCUT2D eigenvalue weighted by Crippen LogP contribution is -2.30. The van der Waals surface area contributed by atoms with Gasteiger partial charge in [-0.15, -0.1) is 0 Å². The molecule has 1 rings (SSSR count). The Morgan fingerprint density at radius 2 is 2.10 bits per heavy atom. The van der Waals surface area contributed by atoms with E-state index in [-0.39, 0.29) is 18.2 Å². The molecule has 5 nitrogen and oxygen atoms in total. The number of hydrogen-bond donors (Lipinski definition) is 1. The minimum Gasteiger partial charge on any atom is -0.469 e. The second-order valence-corrected chi connectivity index (χ2v) is 4.72. The van der Waals surface area contributed by atoms with Crippen LogP contribution in [0.2, 0.25) is 0 Å². The number of benzene rings is 1. The van der Waals surface area contributed by atoms with E-state index in [1.54, 1.807) is 19.2 Å². The van der Waals surface area contributed by atoms with Crippen LogP contribution < -0.4 is 5.73 Å². The van der Waals surface area contributed by atoms with Gasteiger partial charge in [0.05, 0.1) is 20.1 Å². The van der Waals surface area contributed by atoms with Gasteiger partial charge in [-0.3, -0.25) is 9.69 Å². The van der Waals surface area contributed by atoms with Crippen LogP contribution in [0.3, 0.4) is 0 Å². The third-order valence-corrected chi connectivity index (χ3v) is 3.21. The first kappa shape index (κ1) is 17.6. The maximum absolute atomic E-state index is 13.9. The van der Waals surface area contributed by atoms with Crippen molar-refractivity contribution in [2.45, 2.75) is 19.5 Å². The quantitative estimate of drug-likeness (QED) is 0.696. The molecule has 0 saturated carbocycles. The van der Waals surface area contributed by atoms with E-state index in [2.05, 4.69) is 4.74 Å². The second kappa shape index (κ2) is 9.44. The minimum absolute atomic E-state index is 0.262. The summed E-state index contributed by atoms with van der Waals surface area (Å²) in [5, 5.41) is 0. The normalized spacial score (nSPS) is 10.9. The fourth-order valence-electron chi connectivity index (χ4n) is 1.96. The third kappa shape index (κ3) is 6.20. The van der Waals surface area contributed by atoms with Gasteiger partial charge in [-0.05, 0) is 11.6 Å². The van der Waals surface area contributed by atoms with Crippen LogP contribution in [0.15, 0.2) is 18.2 Å². The van der Waals surface area contributed by atoms with Crippen molar-refractivity contribution >= 4 is 5.97 Å². The molecular weight excluding hydrogens is 275 g/mol. The summed E-state index contributed by atoms with van der Waals surface area (Å²) in [6.45, 7) is 2.38. The summed E-state index contributed by atoms with van der Waals surface area (Å²) in [6, 6.07) is 4.85. The molecule has 21 heavy (non-hydrogen) atoms. The van der Waals surface area contributed by atoms with Crippen molar-refractivity contribution in [3.8, 4) is 0 Å². The number of carbonyl (C=O) groups excluding carboxylic acids is 1. The van der Waals surface area contributed by atoms with Crippen LogP contribution in [0.1, 0.15) is 17.5 Å². The molecule has 6 heteroatoms. The predicted octanol–water partition coefficient (Wildman–Crippen LogP) is 1.30.